The fraction of sp³-hybridized carbons (Fsp3) is 0.538. The van der Waals surface area contributed by atoms with E-state index in [9.17, 15) is 0 Å². The molecule has 0 amide bonds. The van der Waals surface area contributed by atoms with Crippen molar-refractivity contribution >= 4 is 5.69 Å². The van der Waals surface area contributed by atoms with E-state index in [1.807, 2.05) is 7.05 Å². The molecule has 0 radical (unpaired) electrons. The smallest absolute Gasteiger partial charge is 0.0514 e. The first-order chi connectivity index (χ1) is 7.33. The van der Waals surface area contributed by atoms with Gasteiger partial charge in [-0.05, 0) is 31.8 Å². The van der Waals surface area contributed by atoms with E-state index in [0.717, 1.165) is 12.2 Å². The maximum atomic E-state index is 5.68. The Morgan fingerprint density at radius 3 is 1.94 bits per heavy atom. The van der Waals surface area contributed by atoms with Crippen molar-refractivity contribution in [2.45, 2.75) is 19.3 Å². The Labute approximate surface area is 98.8 Å². The molecule has 0 aliphatic carbocycles. The fourth-order valence-electron chi connectivity index (χ4n) is 2.03. The van der Waals surface area contributed by atoms with Gasteiger partial charge >= 0.3 is 0 Å². The van der Waals surface area contributed by atoms with Crippen molar-refractivity contribution in [3.8, 4) is 0 Å². The summed E-state index contributed by atoms with van der Waals surface area (Å²) in [7, 11) is 6.05. The van der Waals surface area contributed by atoms with Crippen LogP contribution in [-0.4, -0.2) is 32.6 Å². The Bertz CT molecular complexity index is 326. The zero-order valence-electron chi connectivity index (χ0n) is 11.0. The second kappa shape index (κ2) is 4.85. The number of hydrogen-bond donors (Lipinski definition) is 1. The average Bonchev–Trinajstić information content (AvgIpc) is 2.16. The van der Waals surface area contributed by atoms with Crippen LogP contribution in [0, 0.1) is 0 Å². The predicted molar refractivity (Wildman–Crippen MR) is 70.6 cm³/mol. The van der Waals surface area contributed by atoms with E-state index >= 15 is 0 Å². The molecule has 0 saturated heterocycles. The van der Waals surface area contributed by atoms with Gasteiger partial charge in [0.15, 0.2) is 0 Å². The Morgan fingerprint density at radius 1 is 1.06 bits per heavy atom. The molecule has 1 rings (SSSR count). The molecular weight excluding hydrogens is 198 g/mol. The summed E-state index contributed by atoms with van der Waals surface area (Å²) in [5.74, 6) is 5.68. The van der Waals surface area contributed by atoms with Crippen molar-refractivity contribution in [3.63, 3.8) is 0 Å². The number of likely N-dealkylation sites (N-methyl/N-ethyl adjacent to an activating group) is 1. The Kier molecular flexibility index (Phi) is 3.94. The highest BCUT2D eigenvalue weighted by atomic mass is 15.4. The van der Waals surface area contributed by atoms with Crippen LogP contribution in [0.15, 0.2) is 24.3 Å². The van der Waals surface area contributed by atoms with Gasteiger partial charge in [0.2, 0.25) is 0 Å². The number of anilines is 1. The van der Waals surface area contributed by atoms with Crippen LogP contribution < -0.4 is 10.9 Å². The Hall–Kier alpha value is -1.06. The molecule has 0 atom stereocenters. The molecule has 3 heteroatoms. The quantitative estimate of drug-likeness (QED) is 0.622. The molecule has 1 aromatic rings. The highest BCUT2D eigenvalue weighted by Crippen LogP contribution is 2.25. The molecule has 0 aromatic heterocycles. The van der Waals surface area contributed by atoms with Gasteiger partial charge in [-0.15, -0.1) is 0 Å². The lowest BCUT2D eigenvalue weighted by atomic mass is 9.84. The molecule has 1 aromatic carbocycles. The van der Waals surface area contributed by atoms with Crippen molar-refractivity contribution in [2.75, 3.05) is 32.7 Å². The molecule has 90 valence electrons. The molecule has 0 fully saturated rings. The van der Waals surface area contributed by atoms with E-state index in [1.165, 1.54) is 5.56 Å². The van der Waals surface area contributed by atoms with Crippen molar-refractivity contribution in [2.24, 2.45) is 5.84 Å². The van der Waals surface area contributed by atoms with Crippen LogP contribution in [0.4, 0.5) is 5.69 Å². The van der Waals surface area contributed by atoms with Crippen molar-refractivity contribution in [1.29, 1.82) is 0 Å². The largest absolute Gasteiger partial charge is 0.314 e. The second-order valence-electron chi connectivity index (χ2n) is 5.28. The van der Waals surface area contributed by atoms with Gasteiger partial charge < -0.3 is 9.91 Å². The standard InChI is InChI=1S/C13H23N3/c1-13(2,10-15(3)4)11-6-8-12(9-7-11)16(5)14/h6-9H,10,14H2,1-5H3. The molecule has 0 aliphatic heterocycles. The van der Waals surface area contributed by atoms with E-state index in [4.69, 9.17) is 5.84 Å². The fourth-order valence-corrected chi connectivity index (χ4v) is 2.03. The van der Waals surface area contributed by atoms with Gasteiger partial charge in [-0.25, -0.2) is 5.84 Å². The summed E-state index contributed by atoms with van der Waals surface area (Å²) in [4.78, 5) is 2.21. The molecule has 0 aliphatic rings. The third-order valence-corrected chi connectivity index (χ3v) is 2.77. The summed E-state index contributed by atoms with van der Waals surface area (Å²) in [5.41, 5.74) is 2.53. The van der Waals surface area contributed by atoms with E-state index in [0.29, 0.717) is 0 Å². The third-order valence-electron chi connectivity index (χ3n) is 2.77. The topological polar surface area (TPSA) is 32.5 Å². The number of benzene rings is 1. The molecule has 16 heavy (non-hydrogen) atoms. The summed E-state index contributed by atoms with van der Waals surface area (Å²) in [6.07, 6.45) is 0. The summed E-state index contributed by atoms with van der Waals surface area (Å²) in [6.45, 7) is 5.55. The van der Waals surface area contributed by atoms with Crippen LogP contribution in [0.25, 0.3) is 0 Å². The highest BCUT2D eigenvalue weighted by molar-refractivity contribution is 5.46. The minimum absolute atomic E-state index is 0.162. The molecule has 0 heterocycles. The number of nitrogens with zero attached hydrogens (tertiary/aromatic N) is 2. The van der Waals surface area contributed by atoms with E-state index in [-0.39, 0.29) is 5.41 Å². The normalized spacial score (nSPS) is 11.9. The maximum Gasteiger partial charge on any atom is 0.0514 e. The van der Waals surface area contributed by atoms with Gasteiger partial charge in [-0.3, -0.25) is 0 Å². The van der Waals surface area contributed by atoms with Crippen molar-refractivity contribution in [1.82, 2.24) is 4.90 Å². The van der Waals surface area contributed by atoms with Crippen LogP contribution >= 0.6 is 0 Å². The van der Waals surface area contributed by atoms with Crippen LogP contribution in [0.1, 0.15) is 19.4 Å². The molecule has 0 saturated carbocycles. The molecule has 0 unspecified atom stereocenters. The van der Waals surface area contributed by atoms with E-state index in [2.05, 4.69) is 57.1 Å². The Morgan fingerprint density at radius 2 is 1.56 bits per heavy atom. The van der Waals surface area contributed by atoms with Crippen LogP contribution in [-0.2, 0) is 5.41 Å². The minimum atomic E-state index is 0.162. The first-order valence-electron chi connectivity index (χ1n) is 5.56. The SMILES string of the molecule is CN(C)CC(C)(C)c1ccc(N(C)N)cc1. The summed E-state index contributed by atoms with van der Waals surface area (Å²) in [5, 5.41) is 1.63. The van der Waals surface area contributed by atoms with Crippen LogP contribution in [0.3, 0.4) is 0 Å². The van der Waals surface area contributed by atoms with Crippen LogP contribution in [0.2, 0.25) is 0 Å². The monoisotopic (exact) mass is 221 g/mol. The molecule has 3 nitrogen and oxygen atoms in total. The number of hydrazine groups is 1. The zero-order valence-corrected chi connectivity index (χ0v) is 11.0. The van der Waals surface area contributed by atoms with Gasteiger partial charge in [0.25, 0.3) is 0 Å². The zero-order chi connectivity index (χ0) is 12.3. The molecule has 0 spiro atoms. The Balaban J connectivity index is 2.88. The highest BCUT2D eigenvalue weighted by Gasteiger charge is 2.21. The predicted octanol–water partition coefficient (Wildman–Crippen LogP) is 1.84. The van der Waals surface area contributed by atoms with E-state index < -0.39 is 0 Å². The van der Waals surface area contributed by atoms with Gasteiger partial charge in [0.05, 0.1) is 5.69 Å². The van der Waals surface area contributed by atoms with Crippen LogP contribution in [0.5, 0.6) is 0 Å². The molecular formula is C13H23N3. The summed E-state index contributed by atoms with van der Waals surface area (Å²) in [6, 6.07) is 8.43. The lowest BCUT2D eigenvalue weighted by molar-refractivity contribution is 0.315. The summed E-state index contributed by atoms with van der Waals surface area (Å²) >= 11 is 0. The second-order valence-corrected chi connectivity index (χ2v) is 5.28. The number of rotatable bonds is 4. The first kappa shape index (κ1) is 13.0. The maximum absolute atomic E-state index is 5.68. The third kappa shape index (κ3) is 3.22. The first-order valence-corrected chi connectivity index (χ1v) is 5.56. The van der Waals surface area contributed by atoms with Crippen molar-refractivity contribution in [3.05, 3.63) is 29.8 Å². The van der Waals surface area contributed by atoms with Gasteiger partial charge in [0, 0.05) is 19.0 Å². The number of hydrogen-bond acceptors (Lipinski definition) is 3. The minimum Gasteiger partial charge on any atom is -0.314 e. The van der Waals surface area contributed by atoms with Crippen molar-refractivity contribution < 1.29 is 0 Å². The lowest BCUT2D eigenvalue weighted by Gasteiger charge is -2.29. The van der Waals surface area contributed by atoms with Gasteiger partial charge in [-0.2, -0.15) is 0 Å². The van der Waals surface area contributed by atoms with Gasteiger partial charge in [-0.1, -0.05) is 26.0 Å². The number of nitrogens with two attached hydrogens (primary N) is 1. The van der Waals surface area contributed by atoms with Gasteiger partial charge in [0.1, 0.15) is 0 Å². The molecule has 0 bridgehead atoms. The van der Waals surface area contributed by atoms with E-state index in [1.54, 1.807) is 5.01 Å². The average molecular weight is 221 g/mol. The lowest BCUT2D eigenvalue weighted by Crippen LogP contribution is -2.32. The molecule has 2 N–H and O–H groups in total. The summed E-state index contributed by atoms with van der Waals surface area (Å²) < 4.78 is 0.